The van der Waals surface area contributed by atoms with E-state index in [9.17, 15) is 5.11 Å². The summed E-state index contributed by atoms with van der Waals surface area (Å²) in [6, 6.07) is 0. The van der Waals surface area contributed by atoms with E-state index in [0.29, 0.717) is 23.2 Å². The topological polar surface area (TPSA) is 38.0 Å². The molecule has 5 fully saturated rings. The van der Waals surface area contributed by atoms with E-state index in [4.69, 9.17) is 0 Å². The van der Waals surface area contributed by atoms with E-state index in [-0.39, 0.29) is 0 Å². The van der Waals surface area contributed by atoms with Gasteiger partial charge >= 0.3 is 0 Å². The van der Waals surface area contributed by atoms with Crippen LogP contribution in [0.15, 0.2) is 30.9 Å². The highest BCUT2D eigenvalue weighted by atomic mass is 16.3. The van der Waals surface area contributed by atoms with Gasteiger partial charge in [-0.2, -0.15) is 0 Å². The van der Waals surface area contributed by atoms with Crippen molar-refractivity contribution in [3.05, 3.63) is 30.9 Å². The van der Waals surface area contributed by atoms with E-state index in [2.05, 4.69) is 41.1 Å². The van der Waals surface area contributed by atoms with Gasteiger partial charge in [-0.25, -0.2) is 4.98 Å². The molecule has 1 aromatic heterocycles. The molecule has 0 aromatic carbocycles. The maximum atomic E-state index is 11.2. The van der Waals surface area contributed by atoms with Crippen molar-refractivity contribution in [3.8, 4) is 11.8 Å². The van der Waals surface area contributed by atoms with Gasteiger partial charge in [0.05, 0.1) is 6.33 Å². The molecular weight excluding hydrogens is 392 g/mol. The van der Waals surface area contributed by atoms with Crippen LogP contribution in [0, 0.1) is 58.7 Å². The highest BCUT2D eigenvalue weighted by Gasteiger charge is 2.58. The Kier molecular flexibility index (Phi) is 5.10. The quantitative estimate of drug-likeness (QED) is 0.480. The van der Waals surface area contributed by atoms with Gasteiger partial charge < -0.3 is 9.67 Å². The smallest absolute Gasteiger partial charge is 0.125 e. The molecule has 5 aliphatic carbocycles. The first-order valence-electron chi connectivity index (χ1n) is 13.3. The van der Waals surface area contributed by atoms with E-state index in [1.165, 1.54) is 63.4 Å². The zero-order valence-corrected chi connectivity index (χ0v) is 19.8. The first-order valence-corrected chi connectivity index (χ1v) is 13.3. The van der Waals surface area contributed by atoms with Crippen molar-refractivity contribution in [2.24, 2.45) is 46.8 Å². The van der Waals surface area contributed by atoms with Crippen molar-refractivity contribution < 1.29 is 5.11 Å². The highest BCUT2D eigenvalue weighted by Crippen LogP contribution is 2.65. The SMILES string of the molecule is C=C(Cn1ccnc1)[C@H]1CC[C@H]2[C@@H]3CC[C@H]4C[C@@](O)(C#CC5CC5)CC[C@@H]4[C@H]3CC[C@]12C. The van der Waals surface area contributed by atoms with E-state index < -0.39 is 5.60 Å². The van der Waals surface area contributed by atoms with Crippen molar-refractivity contribution in [3.63, 3.8) is 0 Å². The Balaban J connectivity index is 1.15. The van der Waals surface area contributed by atoms with Crippen LogP contribution in [-0.2, 0) is 6.54 Å². The van der Waals surface area contributed by atoms with Gasteiger partial charge in [-0.05, 0) is 112 Å². The Labute approximate surface area is 194 Å². The standard InChI is InChI=1S/C29H40N2O/c1-20(18-31-16-15-30-19-31)26-7-8-27-25-6-5-22-17-29(32,13-9-21-3-4-21)14-11-23(22)24(25)10-12-28(26,27)2/h15-16,19,21-27,32H,1,3-8,10-12,14,17-18H2,2H3/t22-,23-,24+,25+,26+,27-,28+,29+/m0/s1. The summed E-state index contributed by atoms with van der Waals surface area (Å²) < 4.78 is 2.19. The lowest BCUT2D eigenvalue weighted by Crippen LogP contribution is -2.50. The van der Waals surface area contributed by atoms with E-state index in [1.807, 2.05) is 12.5 Å². The summed E-state index contributed by atoms with van der Waals surface area (Å²) in [4.78, 5) is 4.22. The van der Waals surface area contributed by atoms with E-state index >= 15 is 0 Å². The third kappa shape index (κ3) is 3.58. The van der Waals surface area contributed by atoms with Gasteiger partial charge in [0.15, 0.2) is 0 Å². The fourth-order valence-electron chi connectivity index (χ4n) is 8.85. The number of hydrogen-bond acceptors (Lipinski definition) is 2. The van der Waals surface area contributed by atoms with Gasteiger partial charge in [0, 0.05) is 24.9 Å². The summed E-state index contributed by atoms with van der Waals surface area (Å²) in [7, 11) is 0. The summed E-state index contributed by atoms with van der Waals surface area (Å²) in [6.45, 7) is 8.10. The summed E-state index contributed by atoms with van der Waals surface area (Å²) >= 11 is 0. The molecule has 5 saturated carbocycles. The average Bonchev–Trinajstić information content (AvgIpc) is 3.34. The summed E-state index contributed by atoms with van der Waals surface area (Å²) in [6.07, 6.45) is 19.5. The number of allylic oxidation sites excluding steroid dienone is 1. The number of hydrogen-bond donors (Lipinski definition) is 1. The predicted molar refractivity (Wildman–Crippen MR) is 127 cm³/mol. The number of aliphatic hydroxyl groups is 1. The van der Waals surface area contributed by atoms with Crippen LogP contribution in [0.4, 0.5) is 0 Å². The van der Waals surface area contributed by atoms with Crippen molar-refractivity contribution in [2.75, 3.05) is 0 Å². The molecule has 1 N–H and O–H groups in total. The lowest BCUT2D eigenvalue weighted by atomic mass is 9.48. The number of nitrogens with zero attached hydrogens (tertiary/aromatic N) is 2. The van der Waals surface area contributed by atoms with Gasteiger partial charge in [-0.3, -0.25) is 0 Å². The van der Waals surface area contributed by atoms with Crippen molar-refractivity contribution in [1.29, 1.82) is 0 Å². The maximum absolute atomic E-state index is 11.2. The second-order valence-electron chi connectivity index (χ2n) is 12.3. The Morgan fingerprint density at radius 3 is 2.69 bits per heavy atom. The lowest BCUT2D eigenvalue weighted by Gasteiger charge is -2.57. The number of imidazole rings is 1. The van der Waals surface area contributed by atoms with Crippen LogP contribution >= 0.6 is 0 Å². The van der Waals surface area contributed by atoms with E-state index in [0.717, 1.165) is 43.1 Å². The molecule has 172 valence electrons. The van der Waals surface area contributed by atoms with Crippen molar-refractivity contribution in [2.45, 2.75) is 89.7 Å². The predicted octanol–water partition coefficient (Wildman–Crippen LogP) is 5.85. The van der Waals surface area contributed by atoms with Crippen LogP contribution in [0.25, 0.3) is 0 Å². The van der Waals surface area contributed by atoms with Crippen LogP contribution < -0.4 is 0 Å². The molecule has 1 aromatic rings. The minimum atomic E-state index is -0.691. The fourth-order valence-corrected chi connectivity index (χ4v) is 8.85. The molecule has 0 spiro atoms. The number of aromatic nitrogens is 2. The molecule has 0 saturated heterocycles. The average molecular weight is 433 g/mol. The molecule has 3 heteroatoms. The van der Waals surface area contributed by atoms with Crippen molar-refractivity contribution in [1.82, 2.24) is 9.55 Å². The molecule has 0 aliphatic heterocycles. The van der Waals surface area contributed by atoms with E-state index in [1.54, 1.807) is 0 Å². The fraction of sp³-hybridized carbons (Fsp3) is 0.759. The van der Waals surface area contributed by atoms with Crippen LogP contribution in [0.1, 0.15) is 77.6 Å². The molecule has 0 bridgehead atoms. The second kappa shape index (κ2) is 7.76. The summed E-state index contributed by atoms with van der Waals surface area (Å²) in [5, 5.41) is 11.2. The Hall–Kier alpha value is -1.53. The Bertz CT molecular complexity index is 921. The second-order valence-corrected chi connectivity index (χ2v) is 12.3. The van der Waals surface area contributed by atoms with Crippen LogP contribution in [0.5, 0.6) is 0 Å². The van der Waals surface area contributed by atoms with Crippen LogP contribution in [0.3, 0.4) is 0 Å². The molecule has 6 rings (SSSR count). The van der Waals surface area contributed by atoms with Gasteiger partial charge in [-0.1, -0.05) is 30.9 Å². The minimum Gasteiger partial charge on any atom is -0.378 e. The molecular formula is C29H40N2O. The first kappa shape index (κ1) is 21.0. The normalized spacial score (nSPS) is 45.2. The Morgan fingerprint density at radius 2 is 1.91 bits per heavy atom. The number of rotatable bonds is 3. The lowest BCUT2D eigenvalue weighted by molar-refractivity contribution is -0.0874. The zero-order chi connectivity index (χ0) is 21.9. The summed E-state index contributed by atoms with van der Waals surface area (Å²) in [5.74, 6) is 12.1. The van der Waals surface area contributed by atoms with Gasteiger partial charge in [-0.15, -0.1) is 0 Å². The van der Waals surface area contributed by atoms with Crippen LogP contribution in [-0.4, -0.2) is 20.3 Å². The Morgan fingerprint density at radius 1 is 1.06 bits per heavy atom. The molecule has 0 radical (unpaired) electrons. The largest absolute Gasteiger partial charge is 0.378 e. The molecule has 32 heavy (non-hydrogen) atoms. The number of fused-ring (bicyclic) bond motifs is 5. The van der Waals surface area contributed by atoms with Gasteiger partial charge in [0.1, 0.15) is 5.60 Å². The third-order valence-corrected chi connectivity index (χ3v) is 10.5. The monoisotopic (exact) mass is 432 g/mol. The first-order chi connectivity index (χ1) is 15.5. The minimum absolute atomic E-state index is 0.427. The molecule has 8 atom stereocenters. The molecule has 0 unspecified atom stereocenters. The zero-order valence-electron chi connectivity index (χ0n) is 19.8. The highest BCUT2D eigenvalue weighted by molar-refractivity contribution is 5.21. The molecule has 5 aliphatic rings. The third-order valence-electron chi connectivity index (χ3n) is 10.5. The van der Waals surface area contributed by atoms with Gasteiger partial charge in [0.25, 0.3) is 0 Å². The summed E-state index contributed by atoms with van der Waals surface area (Å²) in [5.41, 5.74) is 1.15. The van der Waals surface area contributed by atoms with Gasteiger partial charge in [0.2, 0.25) is 0 Å². The van der Waals surface area contributed by atoms with Crippen molar-refractivity contribution >= 4 is 0 Å². The molecule has 0 amide bonds. The molecule has 1 heterocycles. The van der Waals surface area contributed by atoms with Crippen LogP contribution in [0.2, 0.25) is 0 Å². The maximum Gasteiger partial charge on any atom is 0.125 e. The molecule has 3 nitrogen and oxygen atoms in total.